The normalized spacial score (nSPS) is 14.7. The average Bonchev–Trinajstić information content (AvgIpc) is 3.61. The van der Waals surface area contributed by atoms with Crippen molar-refractivity contribution in [2.75, 3.05) is 0 Å². The van der Waals surface area contributed by atoms with Gasteiger partial charge in [-0.3, -0.25) is 0 Å². The molecule has 0 amide bonds. The zero-order valence-corrected chi connectivity index (χ0v) is 33.8. The van der Waals surface area contributed by atoms with E-state index in [-0.39, 0.29) is 37.1 Å². The van der Waals surface area contributed by atoms with Crippen LogP contribution < -0.4 is 0 Å². The van der Waals surface area contributed by atoms with Gasteiger partial charge in [-0.05, 0) is 88.4 Å². The van der Waals surface area contributed by atoms with Crippen LogP contribution in [0.3, 0.4) is 0 Å². The van der Waals surface area contributed by atoms with Crippen LogP contribution in [0.15, 0.2) is 132 Å². The van der Waals surface area contributed by atoms with E-state index in [2.05, 4.69) is 39.2 Å². The van der Waals surface area contributed by atoms with Gasteiger partial charge in [-0.1, -0.05) is 131 Å². The first-order valence-electron chi connectivity index (χ1n) is 22.4. The Kier molecular flexibility index (Phi) is 9.03. The van der Waals surface area contributed by atoms with Crippen molar-refractivity contribution in [3.8, 4) is 33.6 Å². The third-order valence-corrected chi connectivity index (χ3v) is 8.91. The fraction of sp³-hybridized carbons (Fsp3) is 0.220. The predicted octanol–water partition coefficient (Wildman–Crippen LogP) is 13.0. The maximum atomic E-state index is 8.39. The second-order valence-electron chi connectivity index (χ2n) is 14.5. The van der Waals surface area contributed by atoms with E-state index >= 15 is 0 Å². The Hall–Kier alpha value is -5.22. The molecule has 0 aliphatic heterocycles. The van der Waals surface area contributed by atoms with Gasteiger partial charge in [-0.15, -0.1) is 47.5 Å². The van der Waals surface area contributed by atoms with E-state index in [9.17, 15) is 0 Å². The number of aryl methyl sites for hydroxylation is 2. The number of hydrogen-bond donors (Lipinski definition) is 0. The summed E-state index contributed by atoms with van der Waals surface area (Å²) in [6.45, 7) is 4.78. The summed E-state index contributed by atoms with van der Waals surface area (Å²) in [6, 6.07) is 41.6. The molecule has 0 N–H and O–H groups in total. The molecule has 4 aromatic carbocycles. The van der Waals surface area contributed by atoms with Crippen molar-refractivity contribution in [1.82, 2.24) is 15.0 Å². The van der Waals surface area contributed by atoms with Gasteiger partial charge in [-0.25, -0.2) is 4.98 Å². The van der Waals surface area contributed by atoms with Gasteiger partial charge in [0, 0.05) is 55.9 Å². The molecule has 4 aromatic heterocycles. The number of hydrogen-bond acceptors (Lipinski definition) is 4. The van der Waals surface area contributed by atoms with E-state index in [1.54, 1.807) is 36.7 Å². The molecule has 0 spiro atoms. The topological polar surface area (TPSA) is 51.8 Å². The maximum absolute atomic E-state index is 8.39. The van der Waals surface area contributed by atoms with Crippen LogP contribution in [0, 0.1) is 31.3 Å². The minimum atomic E-state index is -2.30. The summed E-state index contributed by atoms with van der Waals surface area (Å²) in [7, 11) is 0. The number of benzene rings is 4. The van der Waals surface area contributed by atoms with Gasteiger partial charge in [0.1, 0.15) is 0 Å². The molecule has 0 saturated carbocycles. The SMILES string of the molecule is [2H]C([2H])([2H])c1c[c-]c(-c2ccc(C([2H])([2H])C(C)(C)C)cn2)cc1-c1ccccc1.[2H]C([2H])([2H])c1ccc2c(n1)oc1c(-c3cc(Cc4ccc(C([2H])(C)C)cc4)ccn3)[c-]ccc12.[Ir]. The molecule has 8 aromatic rings. The monoisotopic (exact) mass is 907 g/mol. The second-order valence-corrected chi connectivity index (χ2v) is 14.5. The quantitative estimate of drug-likeness (QED) is 0.150. The molecule has 8 rings (SSSR count). The van der Waals surface area contributed by atoms with Gasteiger partial charge in [-0.2, -0.15) is 0 Å². The van der Waals surface area contributed by atoms with Gasteiger partial charge in [0.25, 0.3) is 0 Å². The van der Waals surface area contributed by atoms with Gasteiger partial charge in [0.05, 0.1) is 5.58 Å². The van der Waals surface area contributed by atoms with Crippen LogP contribution in [-0.4, -0.2) is 15.0 Å². The predicted molar refractivity (Wildman–Crippen MR) is 223 cm³/mol. The Bertz CT molecular complexity index is 2880. The van der Waals surface area contributed by atoms with Crippen LogP contribution in [0.5, 0.6) is 0 Å². The number of rotatable bonds is 7. The molecule has 1 radical (unpaired) electrons. The van der Waals surface area contributed by atoms with Crippen molar-refractivity contribution in [1.29, 1.82) is 0 Å². The summed E-state index contributed by atoms with van der Waals surface area (Å²) >= 11 is 0. The van der Waals surface area contributed by atoms with Crippen LogP contribution in [-0.2, 0) is 32.9 Å². The molecule has 5 heteroatoms. The molecular weight excluding hydrogens is 851 g/mol. The largest absolute Gasteiger partial charge is 0.486 e. The molecule has 279 valence electrons. The molecule has 0 aliphatic carbocycles. The summed E-state index contributed by atoms with van der Waals surface area (Å²) in [5.74, 6) is -0.622. The van der Waals surface area contributed by atoms with Gasteiger partial charge < -0.3 is 14.4 Å². The Morgan fingerprint density at radius 1 is 0.800 bits per heavy atom. The minimum absolute atomic E-state index is 0. The van der Waals surface area contributed by atoms with E-state index < -0.39 is 31.4 Å². The van der Waals surface area contributed by atoms with Gasteiger partial charge in [0.2, 0.25) is 5.71 Å². The average molecular weight is 907 g/mol. The second kappa shape index (κ2) is 17.1. The number of aromatic nitrogens is 3. The van der Waals surface area contributed by atoms with Crippen molar-refractivity contribution >= 4 is 22.1 Å². The van der Waals surface area contributed by atoms with Crippen LogP contribution in [0.1, 0.15) is 86.4 Å². The van der Waals surface area contributed by atoms with Crippen molar-refractivity contribution in [3.05, 3.63) is 173 Å². The fourth-order valence-corrected chi connectivity index (χ4v) is 6.28. The molecular formula is C50H47IrN3O-2. The van der Waals surface area contributed by atoms with E-state index in [0.29, 0.717) is 33.5 Å². The van der Waals surface area contributed by atoms with Crippen LogP contribution in [0.4, 0.5) is 0 Å². The van der Waals surface area contributed by atoms with E-state index in [1.165, 1.54) is 12.1 Å². The summed E-state index contributed by atoms with van der Waals surface area (Å²) < 4.78 is 77.4. The molecule has 0 unspecified atom stereocenters. The third kappa shape index (κ3) is 9.54. The Labute approximate surface area is 352 Å². The van der Waals surface area contributed by atoms with Crippen molar-refractivity contribution in [3.63, 3.8) is 0 Å². The van der Waals surface area contributed by atoms with Gasteiger partial charge >= 0.3 is 0 Å². The first kappa shape index (κ1) is 29.1. The Morgan fingerprint density at radius 3 is 2.31 bits per heavy atom. The van der Waals surface area contributed by atoms with E-state index in [1.807, 2.05) is 101 Å². The Balaban J connectivity index is 0.000000212. The zero-order valence-electron chi connectivity index (χ0n) is 40.4. The molecule has 4 heterocycles. The number of furan rings is 1. The molecule has 0 fully saturated rings. The maximum Gasteiger partial charge on any atom is 0.216 e. The number of pyridine rings is 3. The molecule has 0 saturated heterocycles. The van der Waals surface area contributed by atoms with E-state index in [4.69, 9.17) is 16.8 Å². The number of fused-ring (bicyclic) bond motifs is 3. The summed E-state index contributed by atoms with van der Waals surface area (Å²) in [5, 5.41) is 1.60. The number of nitrogens with zero attached hydrogens (tertiary/aromatic N) is 3. The zero-order chi connectivity index (χ0) is 45.5. The fourth-order valence-electron chi connectivity index (χ4n) is 6.28. The van der Waals surface area contributed by atoms with Crippen molar-refractivity contribution < 1.29 is 36.9 Å². The van der Waals surface area contributed by atoms with Gasteiger partial charge in [0.15, 0.2) is 0 Å². The van der Waals surface area contributed by atoms with Crippen LogP contribution in [0.2, 0.25) is 0 Å². The molecule has 55 heavy (non-hydrogen) atoms. The van der Waals surface area contributed by atoms with Crippen LogP contribution >= 0.6 is 0 Å². The summed E-state index contributed by atoms with van der Waals surface area (Å²) in [5.41, 5.74) is 8.44. The minimum Gasteiger partial charge on any atom is -0.486 e. The first-order chi connectivity index (χ1) is 29.5. The standard InChI is InChI=1S/C27H23N2O.C23H24N.Ir/c1-17(2)21-10-8-19(9-11-21)15-20-13-14-28-25(16-20)24-6-4-5-22-23-12-7-18(3)29-27(23)30-26(22)24;1-17-10-12-20(14-21(17)19-8-6-5-7-9-19)22-13-11-18(16-24-22)15-23(2,3)4;/h4-5,7-14,16-17H,15H2,1-3H3;5-11,13-14,16H,15H2,1-4H3;/q2*-1;/i3D3,17D;1D3,15D2;. The van der Waals surface area contributed by atoms with Crippen LogP contribution in [0.25, 0.3) is 55.7 Å². The first-order valence-corrected chi connectivity index (χ1v) is 17.9. The van der Waals surface area contributed by atoms with Crippen molar-refractivity contribution in [2.45, 2.75) is 67.0 Å². The third-order valence-electron chi connectivity index (χ3n) is 8.91. The Morgan fingerprint density at radius 2 is 1.60 bits per heavy atom. The molecule has 0 atom stereocenters. The molecule has 0 aliphatic rings. The van der Waals surface area contributed by atoms with E-state index in [0.717, 1.165) is 45.1 Å². The van der Waals surface area contributed by atoms with Crippen molar-refractivity contribution in [2.24, 2.45) is 5.41 Å². The summed E-state index contributed by atoms with van der Waals surface area (Å²) in [4.78, 5) is 13.2. The molecule has 0 bridgehead atoms. The summed E-state index contributed by atoms with van der Waals surface area (Å²) in [6.07, 6.45) is 2.52. The smallest absolute Gasteiger partial charge is 0.216 e. The molecule has 4 nitrogen and oxygen atoms in total.